The van der Waals surface area contributed by atoms with Crippen molar-refractivity contribution in [2.75, 3.05) is 19.6 Å². The van der Waals surface area contributed by atoms with Gasteiger partial charge in [0, 0.05) is 19.1 Å². The largest absolute Gasteiger partial charge is 0.313 e. The number of benzene rings is 1. The Kier molecular flexibility index (Phi) is 5.76. The molecule has 7 heteroatoms. The molecule has 1 saturated heterocycles. The summed E-state index contributed by atoms with van der Waals surface area (Å²) in [7, 11) is -3.66. The molecule has 2 rings (SSSR count). The van der Waals surface area contributed by atoms with Gasteiger partial charge in [0.25, 0.3) is 0 Å². The average Bonchev–Trinajstić information content (AvgIpc) is 2.94. The van der Waals surface area contributed by atoms with Crippen LogP contribution < -0.4 is 5.32 Å². The molecule has 1 aliphatic heterocycles. The number of rotatable bonds is 6. The SMILES string of the molecule is CCCN(CC1CCCN1)S(=O)(=O)c1ccc(Br)c(F)c1. The summed E-state index contributed by atoms with van der Waals surface area (Å²) in [4.78, 5) is 0.00893. The highest BCUT2D eigenvalue weighted by Crippen LogP contribution is 2.23. The first kappa shape index (κ1) is 16.9. The fraction of sp³-hybridized carbons (Fsp3) is 0.571. The summed E-state index contributed by atoms with van der Waals surface area (Å²) in [5.74, 6) is -0.563. The zero-order valence-corrected chi connectivity index (χ0v) is 14.4. The monoisotopic (exact) mass is 378 g/mol. The smallest absolute Gasteiger partial charge is 0.243 e. The van der Waals surface area contributed by atoms with Gasteiger partial charge in [0.1, 0.15) is 5.82 Å². The van der Waals surface area contributed by atoms with E-state index >= 15 is 0 Å². The summed E-state index contributed by atoms with van der Waals surface area (Å²) < 4.78 is 40.7. The standard InChI is InChI=1S/C14H20BrFN2O2S/c1-2-8-18(10-11-4-3-7-17-11)21(19,20)12-5-6-13(15)14(16)9-12/h5-6,9,11,17H,2-4,7-8,10H2,1H3. The highest BCUT2D eigenvalue weighted by Gasteiger charge is 2.28. The van der Waals surface area contributed by atoms with Crippen molar-refractivity contribution in [1.82, 2.24) is 9.62 Å². The van der Waals surface area contributed by atoms with Crippen molar-refractivity contribution < 1.29 is 12.8 Å². The Morgan fingerprint density at radius 2 is 2.24 bits per heavy atom. The Labute approximate surface area is 133 Å². The first-order valence-corrected chi connectivity index (χ1v) is 9.37. The van der Waals surface area contributed by atoms with Crippen LogP contribution in [0.3, 0.4) is 0 Å². The molecule has 1 N–H and O–H groups in total. The second-order valence-corrected chi connectivity index (χ2v) is 8.02. The maximum Gasteiger partial charge on any atom is 0.243 e. The molecular formula is C14H20BrFN2O2S. The van der Waals surface area contributed by atoms with E-state index < -0.39 is 15.8 Å². The zero-order chi connectivity index (χ0) is 15.5. The molecule has 1 fully saturated rings. The van der Waals surface area contributed by atoms with Crippen LogP contribution in [-0.2, 0) is 10.0 Å². The molecule has 0 aromatic heterocycles. The normalized spacial score (nSPS) is 19.3. The van der Waals surface area contributed by atoms with Gasteiger partial charge in [0.05, 0.1) is 9.37 Å². The van der Waals surface area contributed by atoms with Crippen LogP contribution >= 0.6 is 15.9 Å². The molecule has 1 aromatic carbocycles. The van der Waals surface area contributed by atoms with Crippen molar-refractivity contribution in [3.63, 3.8) is 0 Å². The minimum Gasteiger partial charge on any atom is -0.313 e. The summed E-state index contributed by atoms with van der Waals surface area (Å²) in [5.41, 5.74) is 0. The van der Waals surface area contributed by atoms with Crippen molar-refractivity contribution in [2.24, 2.45) is 0 Å². The molecule has 1 aliphatic rings. The van der Waals surface area contributed by atoms with Gasteiger partial charge in [0.15, 0.2) is 0 Å². The molecule has 0 amide bonds. The number of sulfonamides is 1. The van der Waals surface area contributed by atoms with Crippen LogP contribution in [0, 0.1) is 5.82 Å². The molecule has 118 valence electrons. The summed E-state index contributed by atoms with van der Waals surface area (Å²) in [6.45, 7) is 3.75. The predicted octanol–water partition coefficient (Wildman–Crippen LogP) is 2.74. The highest BCUT2D eigenvalue weighted by molar-refractivity contribution is 9.10. The maximum atomic E-state index is 13.6. The molecule has 4 nitrogen and oxygen atoms in total. The van der Waals surface area contributed by atoms with Crippen LogP contribution in [0.5, 0.6) is 0 Å². The van der Waals surface area contributed by atoms with E-state index in [-0.39, 0.29) is 15.4 Å². The summed E-state index contributed by atoms with van der Waals surface area (Å²) >= 11 is 3.04. The Hall–Kier alpha value is -0.500. The zero-order valence-electron chi connectivity index (χ0n) is 12.0. The van der Waals surface area contributed by atoms with Gasteiger partial charge in [-0.2, -0.15) is 4.31 Å². The summed E-state index contributed by atoms with van der Waals surface area (Å²) in [6, 6.07) is 4.13. The Morgan fingerprint density at radius 1 is 1.48 bits per heavy atom. The molecule has 1 unspecified atom stereocenters. The van der Waals surface area contributed by atoms with Crippen molar-refractivity contribution in [3.8, 4) is 0 Å². The van der Waals surface area contributed by atoms with Gasteiger partial charge < -0.3 is 5.32 Å². The van der Waals surface area contributed by atoms with Crippen molar-refractivity contribution in [2.45, 2.75) is 37.1 Å². The van der Waals surface area contributed by atoms with E-state index in [0.717, 1.165) is 31.9 Å². The van der Waals surface area contributed by atoms with Gasteiger partial charge in [-0.25, -0.2) is 12.8 Å². The Bertz CT molecular complexity index is 589. The number of nitrogens with one attached hydrogen (secondary N) is 1. The van der Waals surface area contributed by atoms with Crippen molar-refractivity contribution in [1.29, 1.82) is 0 Å². The third kappa shape index (κ3) is 4.03. The predicted molar refractivity (Wildman–Crippen MR) is 84.2 cm³/mol. The number of nitrogens with zero attached hydrogens (tertiary/aromatic N) is 1. The lowest BCUT2D eigenvalue weighted by molar-refractivity contribution is 0.369. The first-order chi connectivity index (χ1) is 9.95. The van der Waals surface area contributed by atoms with Gasteiger partial charge in [-0.3, -0.25) is 0 Å². The summed E-state index contributed by atoms with van der Waals surface area (Å²) in [6.07, 6.45) is 2.77. The Balaban J connectivity index is 2.25. The van der Waals surface area contributed by atoms with Gasteiger partial charge in [0.2, 0.25) is 10.0 Å². The lowest BCUT2D eigenvalue weighted by Gasteiger charge is -2.25. The van der Waals surface area contributed by atoms with Crippen LogP contribution in [-0.4, -0.2) is 38.4 Å². The molecule has 1 heterocycles. The summed E-state index contributed by atoms with van der Waals surface area (Å²) in [5, 5.41) is 3.30. The van der Waals surface area contributed by atoms with Gasteiger partial charge in [-0.1, -0.05) is 6.92 Å². The quantitative estimate of drug-likeness (QED) is 0.827. The van der Waals surface area contributed by atoms with E-state index in [1.54, 1.807) is 0 Å². The third-order valence-corrected chi connectivity index (χ3v) is 6.09. The number of halogens is 2. The van der Waals surface area contributed by atoms with E-state index in [1.165, 1.54) is 16.4 Å². The molecule has 0 spiro atoms. The van der Waals surface area contributed by atoms with Crippen molar-refractivity contribution >= 4 is 26.0 Å². The minimum absolute atomic E-state index is 0.00893. The second-order valence-electron chi connectivity index (χ2n) is 5.23. The molecule has 0 bridgehead atoms. The van der Waals surface area contributed by atoms with E-state index in [4.69, 9.17) is 0 Å². The van der Waals surface area contributed by atoms with Gasteiger partial charge >= 0.3 is 0 Å². The fourth-order valence-electron chi connectivity index (χ4n) is 2.50. The number of hydrogen-bond acceptors (Lipinski definition) is 3. The lowest BCUT2D eigenvalue weighted by Crippen LogP contribution is -2.41. The van der Waals surface area contributed by atoms with Crippen LogP contribution in [0.25, 0.3) is 0 Å². The molecule has 0 aliphatic carbocycles. The first-order valence-electron chi connectivity index (χ1n) is 7.13. The third-order valence-electron chi connectivity index (χ3n) is 3.59. The molecule has 21 heavy (non-hydrogen) atoms. The van der Waals surface area contributed by atoms with Crippen LogP contribution in [0.1, 0.15) is 26.2 Å². The molecule has 1 atom stereocenters. The van der Waals surface area contributed by atoms with Gasteiger partial charge in [-0.05, 0) is 59.9 Å². The van der Waals surface area contributed by atoms with Crippen molar-refractivity contribution in [3.05, 3.63) is 28.5 Å². The second kappa shape index (κ2) is 7.17. The average molecular weight is 379 g/mol. The van der Waals surface area contributed by atoms with E-state index in [1.807, 2.05) is 6.92 Å². The topological polar surface area (TPSA) is 49.4 Å². The van der Waals surface area contributed by atoms with Crippen LogP contribution in [0.4, 0.5) is 4.39 Å². The molecule has 0 saturated carbocycles. The molecule has 1 aromatic rings. The van der Waals surface area contributed by atoms with E-state index in [0.29, 0.717) is 13.1 Å². The maximum absolute atomic E-state index is 13.6. The minimum atomic E-state index is -3.66. The fourth-order valence-corrected chi connectivity index (χ4v) is 4.34. The van der Waals surface area contributed by atoms with E-state index in [9.17, 15) is 12.8 Å². The van der Waals surface area contributed by atoms with Gasteiger partial charge in [-0.15, -0.1) is 0 Å². The Morgan fingerprint density at radius 3 is 2.81 bits per heavy atom. The highest BCUT2D eigenvalue weighted by atomic mass is 79.9. The number of hydrogen-bond donors (Lipinski definition) is 1. The van der Waals surface area contributed by atoms with Crippen LogP contribution in [0.2, 0.25) is 0 Å². The van der Waals surface area contributed by atoms with E-state index in [2.05, 4.69) is 21.2 Å². The lowest BCUT2D eigenvalue weighted by atomic mass is 10.2. The molecular weight excluding hydrogens is 359 g/mol. The molecule has 0 radical (unpaired) electrons. The van der Waals surface area contributed by atoms with Crippen LogP contribution in [0.15, 0.2) is 27.6 Å².